The van der Waals surface area contributed by atoms with Crippen molar-refractivity contribution in [2.45, 2.75) is 50.9 Å². The van der Waals surface area contributed by atoms with Crippen LogP contribution in [0.25, 0.3) is 0 Å². The normalized spacial score (nSPS) is 34.1. The van der Waals surface area contributed by atoms with Crippen LogP contribution < -0.4 is 0 Å². The van der Waals surface area contributed by atoms with E-state index in [-0.39, 0.29) is 18.4 Å². The van der Waals surface area contributed by atoms with E-state index < -0.39 is 11.8 Å². The van der Waals surface area contributed by atoms with Gasteiger partial charge in [-0.15, -0.1) is 0 Å². The van der Waals surface area contributed by atoms with Crippen LogP contribution in [0.4, 0.5) is 8.78 Å². The molecule has 0 heterocycles. The number of hydrogen-bond donors (Lipinski definition) is 1. The van der Waals surface area contributed by atoms with Crippen LogP contribution in [0, 0.1) is 11.3 Å². The molecule has 0 aromatic rings. The van der Waals surface area contributed by atoms with E-state index >= 15 is 0 Å². The Morgan fingerprint density at radius 2 is 1.86 bits per heavy atom. The Kier molecular flexibility index (Phi) is 2.54. The standard InChI is InChI=1S/C11H18F2O/c12-11(13)4-2-1-3-9(11)7-10(8-14)5-6-10/h9,14H,1-8H2. The second kappa shape index (κ2) is 3.44. The Labute approximate surface area is 83.5 Å². The summed E-state index contributed by atoms with van der Waals surface area (Å²) in [6.45, 7) is 0.0968. The molecule has 82 valence electrons. The Morgan fingerprint density at radius 1 is 1.14 bits per heavy atom. The molecular formula is C11H18F2O. The van der Waals surface area contributed by atoms with Gasteiger partial charge in [0.1, 0.15) is 0 Å². The second-order valence-electron chi connectivity index (χ2n) is 5.07. The summed E-state index contributed by atoms with van der Waals surface area (Å²) < 4.78 is 27.0. The predicted molar refractivity (Wildman–Crippen MR) is 50.3 cm³/mol. The van der Waals surface area contributed by atoms with E-state index in [4.69, 9.17) is 5.11 Å². The molecule has 2 saturated carbocycles. The molecule has 0 aliphatic heterocycles. The molecule has 2 rings (SSSR count). The van der Waals surface area contributed by atoms with Crippen molar-refractivity contribution < 1.29 is 13.9 Å². The minimum absolute atomic E-state index is 0.0547. The van der Waals surface area contributed by atoms with Gasteiger partial charge < -0.3 is 5.11 Å². The highest BCUT2D eigenvalue weighted by Crippen LogP contribution is 2.54. The molecule has 0 radical (unpaired) electrons. The molecule has 2 aliphatic rings. The average Bonchev–Trinajstić information content (AvgIpc) is 2.90. The van der Waals surface area contributed by atoms with Crippen LogP contribution in [0.3, 0.4) is 0 Å². The molecule has 1 N–H and O–H groups in total. The van der Waals surface area contributed by atoms with Crippen LogP contribution in [-0.2, 0) is 0 Å². The number of aliphatic hydroxyl groups excluding tert-OH is 1. The third kappa shape index (κ3) is 1.92. The molecule has 1 atom stereocenters. The van der Waals surface area contributed by atoms with E-state index in [1.165, 1.54) is 0 Å². The third-order valence-corrected chi connectivity index (χ3v) is 3.88. The van der Waals surface area contributed by atoms with Gasteiger partial charge in [0.2, 0.25) is 0 Å². The molecule has 1 unspecified atom stereocenters. The monoisotopic (exact) mass is 204 g/mol. The van der Waals surface area contributed by atoms with Gasteiger partial charge in [-0.1, -0.05) is 6.42 Å². The molecule has 0 bridgehead atoms. The zero-order chi connectivity index (χ0) is 10.2. The zero-order valence-corrected chi connectivity index (χ0v) is 8.44. The minimum Gasteiger partial charge on any atom is -0.396 e. The summed E-state index contributed by atoms with van der Waals surface area (Å²) in [5, 5.41) is 9.11. The van der Waals surface area contributed by atoms with E-state index in [2.05, 4.69) is 0 Å². The van der Waals surface area contributed by atoms with E-state index in [0.29, 0.717) is 19.3 Å². The highest BCUT2D eigenvalue weighted by atomic mass is 19.3. The van der Waals surface area contributed by atoms with Crippen molar-refractivity contribution in [2.75, 3.05) is 6.61 Å². The van der Waals surface area contributed by atoms with Crippen molar-refractivity contribution in [3.8, 4) is 0 Å². The van der Waals surface area contributed by atoms with Crippen LogP contribution in [0.5, 0.6) is 0 Å². The smallest absolute Gasteiger partial charge is 0.250 e. The van der Waals surface area contributed by atoms with Gasteiger partial charge in [0.15, 0.2) is 0 Å². The fourth-order valence-electron chi connectivity index (χ4n) is 2.54. The first kappa shape index (κ1) is 10.3. The van der Waals surface area contributed by atoms with Crippen LogP contribution in [0.15, 0.2) is 0 Å². The summed E-state index contributed by atoms with van der Waals surface area (Å²) in [5.41, 5.74) is -0.120. The zero-order valence-electron chi connectivity index (χ0n) is 8.44. The molecule has 0 amide bonds. The van der Waals surface area contributed by atoms with Gasteiger partial charge in [0, 0.05) is 18.9 Å². The van der Waals surface area contributed by atoms with E-state index in [0.717, 1.165) is 19.3 Å². The first-order chi connectivity index (χ1) is 6.58. The Hall–Kier alpha value is -0.180. The summed E-state index contributed by atoms with van der Waals surface area (Å²) in [4.78, 5) is 0. The van der Waals surface area contributed by atoms with E-state index in [9.17, 15) is 8.78 Å². The highest BCUT2D eigenvalue weighted by molar-refractivity contribution is 4.97. The summed E-state index contributed by atoms with van der Waals surface area (Å²) in [5.74, 6) is -2.94. The average molecular weight is 204 g/mol. The molecule has 3 heteroatoms. The molecule has 0 aromatic heterocycles. The Balaban J connectivity index is 1.95. The van der Waals surface area contributed by atoms with Gasteiger partial charge in [0.25, 0.3) is 5.92 Å². The maximum Gasteiger partial charge on any atom is 0.250 e. The first-order valence-corrected chi connectivity index (χ1v) is 5.57. The largest absolute Gasteiger partial charge is 0.396 e. The van der Waals surface area contributed by atoms with Crippen LogP contribution >= 0.6 is 0 Å². The van der Waals surface area contributed by atoms with Crippen LogP contribution in [-0.4, -0.2) is 17.6 Å². The first-order valence-electron chi connectivity index (χ1n) is 5.57. The summed E-state index contributed by atoms with van der Waals surface area (Å²) in [6, 6.07) is 0. The van der Waals surface area contributed by atoms with Crippen molar-refractivity contribution in [3.05, 3.63) is 0 Å². The van der Waals surface area contributed by atoms with Crippen molar-refractivity contribution in [1.29, 1.82) is 0 Å². The van der Waals surface area contributed by atoms with Crippen LogP contribution in [0.1, 0.15) is 44.9 Å². The molecular weight excluding hydrogens is 186 g/mol. The van der Waals surface area contributed by atoms with Crippen molar-refractivity contribution in [3.63, 3.8) is 0 Å². The van der Waals surface area contributed by atoms with Gasteiger partial charge in [-0.3, -0.25) is 0 Å². The minimum atomic E-state index is -2.47. The maximum atomic E-state index is 13.5. The fourth-order valence-corrected chi connectivity index (χ4v) is 2.54. The molecule has 0 aromatic carbocycles. The number of hydrogen-bond acceptors (Lipinski definition) is 1. The fraction of sp³-hybridized carbons (Fsp3) is 1.00. The summed E-state index contributed by atoms with van der Waals surface area (Å²) >= 11 is 0. The molecule has 2 fully saturated rings. The van der Waals surface area contributed by atoms with Gasteiger partial charge >= 0.3 is 0 Å². The van der Waals surface area contributed by atoms with Gasteiger partial charge in [-0.25, -0.2) is 8.78 Å². The molecule has 2 aliphatic carbocycles. The second-order valence-corrected chi connectivity index (χ2v) is 5.07. The lowest BCUT2D eigenvalue weighted by molar-refractivity contribution is -0.0964. The molecule has 14 heavy (non-hydrogen) atoms. The molecule has 0 saturated heterocycles. The lowest BCUT2D eigenvalue weighted by Gasteiger charge is -2.33. The SMILES string of the molecule is OCC1(CC2CCCCC2(F)F)CC1. The number of halogens is 2. The highest BCUT2D eigenvalue weighted by Gasteiger charge is 2.50. The van der Waals surface area contributed by atoms with E-state index in [1.54, 1.807) is 0 Å². The lowest BCUT2D eigenvalue weighted by atomic mass is 9.79. The number of rotatable bonds is 3. The summed E-state index contributed by atoms with van der Waals surface area (Å²) in [6.07, 6.45) is 4.72. The maximum absolute atomic E-state index is 13.5. The lowest BCUT2D eigenvalue weighted by Crippen LogP contribution is -2.34. The van der Waals surface area contributed by atoms with E-state index in [1.807, 2.05) is 0 Å². The third-order valence-electron chi connectivity index (χ3n) is 3.88. The Bertz CT molecular complexity index is 211. The number of alkyl halides is 2. The van der Waals surface area contributed by atoms with Gasteiger partial charge in [0.05, 0.1) is 0 Å². The topological polar surface area (TPSA) is 20.2 Å². The van der Waals surface area contributed by atoms with Gasteiger partial charge in [-0.2, -0.15) is 0 Å². The summed E-state index contributed by atoms with van der Waals surface area (Å²) in [7, 11) is 0. The molecule has 0 spiro atoms. The quantitative estimate of drug-likeness (QED) is 0.749. The molecule has 1 nitrogen and oxygen atoms in total. The van der Waals surface area contributed by atoms with Crippen molar-refractivity contribution in [2.24, 2.45) is 11.3 Å². The van der Waals surface area contributed by atoms with Gasteiger partial charge in [-0.05, 0) is 37.5 Å². The Morgan fingerprint density at radius 3 is 2.36 bits per heavy atom. The van der Waals surface area contributed by atoms with Crippen molar-refractivity contribution >= 4 is 0 Å². The number of aliphatic hydroxyl groups is 1. The van der Waals surface area contributed by atoms with Crippen LogP contribution in [0.2, 0.25) is 0 Å². The van der Waals surface area contributed by atoms with Crippen molar-refractivity contribution in [1.82, 2.24) is 0 Å². The predicted octanol–water partition coefficient (Wildman–Crippen LogP) is 2.97.